The maximum absolute atomic E-state index is 6.08. The Kier molecular flexibility index (Phi) is 2.01. The van der Waals surface area contributed by atoms with E-state index in [1.54, 1.807) is 0 Å². The molecule has 3 nitrogen and oxygen atoms in total. The van der Waals surface area contributed by atoms with Gasteiger partial charge in [-0.15, -0.1) is 0 Å². The molecule has 1 aliphatic rings. The Hall–Kier alpha value is -0.360. The molecule has 0 amide bonds. The molecule has 78 valence electrons. The van der Waals surface area contributed by atoms with Crippen molar-refractivity contribution >= 4 is 45.2 Å². The van der Waals surface area contributed by atoms with Crippen molar-refractivity contribution in [1.29, 1.82) is 0 Å². The van der Waals surface area contributed by atoms with Crippen LogP contribution in [0.5, 0.6) is 0 Å². The molecule has 2 aromatic rings. The second-order valence-electron chi connectivity index (χ2n) is 4.21. The molecule has 0 N–H and O–H groups in total. The summed E-state index contributed by atoms with van der Waals surface area (Å²) in [6.07, 6.45) is 6.09. The van der Waals surface area contributed by atoms with Gasteiger partial charge in [-0.1, -0.05) is 11.6 Å². The Morgan fingerprint density at radius 1 is 1.47 bits per heavy atom. The van der Waals surface area contributed by atoms with Crippen molar-refractivity contribution in [2.75, 3.05) is 0 Å². The molecule has 0 aromatic carbocycles. The average molecular weight is 334 g/mol. The van der Waals surface area contributed by atoms with Gasteiger partial charge >= 0.3 is 0 Å². The van der Waals surface area contributed by atoms with Crippen LogP contribution in [-0.2, 0) is 5.54 Å². The highest BCUT2D eigenvalue weighted by atomic mass is 127. The van der Waals surface area contributed by atoms with Crippen LogP contribution in [0, 0.1) is 3.57 Å². The second kappa shape index (κ2) is 3.07. The van der Waals surface area contributed by atoms with Crippen LogP contribution in [0.3, 0.4) is 0 Å². The van der Waals surface area contributed by atoms with Gasteiger partial charge in [0.25, 0.3) is 0 Å². The van der Waals surface area contributed by atoms with Crippen LogP contribution in [0.2, 0.25) is 5.15 Å². The molecule has 1 fully saturated rings. The fourth-order valence-electron chi connectivity index (χ4n) is 1.82. The first-order valence-electron chi connectivity index (χ1n) is 4.79. The van der Waals surface area contributed by atoms with Crippen LogP contribution in [0.1, 0.15) is 19.8 Å². The van der Waals surface area contributed by atoms with E-state index in [9.17, 15) is 0 Å². The fourth-order valence-corrected chi connectivity index (χ4v) is 2.98. The summed E-state index contributed by atoms with van der Waals surface area (Å²) in [5.41, 5.74) is 1.21. The Balaban J connectivity index is 2.38. The molecule has 3 rings (SSSR count). The molecule has 0 saturated heterocycles. The van der Waals surface area contributed by atoms with E-state index in [1.807, 2.05) is 0 Å². The van der Waals surface area contributed by atoms with Gasteiger partial charge in [0, 0.05) is 15.3 Å². The normalized spacial score (nSPS) is 18.3. The Morgan fingerprint density at radius 2 is 2.20 bits per heavy atom. The van der Waals surface area contributed by atoms with E-state index in [-0.39, 0.29) is 5.54 Å². The van der Waals surface area contributed by atoms with Crippen LogP contribution in [-0.4, -0.2) is 14.5 Å². The summed E-state index contributed by atoms with van der Waals surface area (Å²) in [5, 5.41) is 1.53. The van der Waals surface area contributed by atoms with Crippen molar-refractivity contribution in [2.24, 2.45) is 0 Å². The molecule has 0 unspecified atom stereocenters. The standard InChI is InChI=1S/C10H9ClIN3/c1-10(2-3-10)15-4-6(12)7-8(11)13-5-14-9(7)15/h4-5H,2-3H2,1H3. The fraction of sp³-hybridized carbons (Fsp3) is 0.400. The highest BCUT2D eigenvalue weighted by Crippen LogP contribution is 2.45. The van der Waals surface area contributed by atoms with E-state index >= 15 is 0 Å². The molecule has 2 heterocycles. The summed E-state index contributed by atoms with van der Waals surface area (Å²) >= 11 is 8.36. The number of hydrogen-bond acceptors (Lipinski definition) is 2. The van der Waals surface area contributed by atoms with Gasteiger partial charge in [-0.3, -0.25) is 0 Å². The number of nitrogens with zero attached hydrogens (tertiary/aromatic N) is 3. The molecule has 2 aromatic heterocycles. The Morgan fingerprint density at radius 3 is 2.87 bits per heavy atom. The smallest absolute Gasteiger partial charge is 0.146 e. The first-order valence-corrected chi connectivity index (χ1v) is 6.25. The van der Waals surface area contributed by atoms with Crippen LogP contribution < -0.4 is 0 Å². The molecular formula is C10H9ClIN3. The van der Waals surface area contributed by atoms with Crippen LogP contribution >= 0.6 is 34.2 Å². The third-order valence-electron chi connectivity index (χ3n) is 3.05. The Bertz CT molecular complexity index is 545. The number of aromatic nitrogens is 3. The predicted molar refractivity (Wildman–Crippen MR) is 68.1 cm³/mol. The quantitative estimate of drug-likeness (QED) is 0.593. The molecule has 0 aliphatic heterocycles. The van der Waals surface area contributed by atoms with Crippen LogP contribution in [0.15, 0.2) is 12.5 Å². The summed E-state index contributed by atoms with van der Waals surface area (Å²) < 4.78 is 3.36. The van der Waals surface area contributed by atoms with Crippen molar-refractivity contribution in [1.82, 2.24) is 14.5 Å². The van der Waals surface area contributed by atoms with Crippen molar-refractivity contribution < 1.29 is 0 Å². The van der Waals surface area contributed by atoms with E-state index in [1.165, 1.54) is 19.2 Å². The summed E-state index contributed by atoms with van der Waals surface area (Å²) in [4.78, 5) is 8.35. The first-order chi connectivity index (χ1) is 7.12. The number of hydrogen-bond donors (Lipinski definition) is 0. The average Bonchev–Trinajstić information content (AvgIpc) is 2.83. The lowest BCUT2D eigenvalue weighted by Crippen LogP contribution is -2.11. The summed E-state index contributed by atoms with van der Waals surface area (Å²) in [6.45, 7) is 2.25. The maximum Gasteiger partial charge on any atom is 0.146 e. The van der Waals surface area contributed by atoms with Crippen molar-refractivity contribution in [3.63, 3.8) is 0 Å². The van der Waals surface area contributed by atoms with E-state index in [0.29, 0.717) is 5.15 Å². The molecule has 1 saturated carbocycles. The van der Waals surface area contributed by atoms with Gasteiger partial charge in [0.1, 0.15) is 17.1 Å². The first kappa shape index (κ1) is 9.84. The minimum atomic E-state index is 0.249. The van der Waals surface area contributed by atoms with E-state index in [2.05, 4.69) is 50.2 Å². The molecule has 0 atom stereocenters. The predicted octanol–water partition coefficient (Wildman–Crippen LogP) is 3.20. The monoisotopic (exact) mass is 333 g/mol. The molecule has 0 spiro atoms. The second-order valence-corrected chi connectivity index (χ2v) is 5.73. The van der Waals surface area contributed by atoms with Gasteiger partial charge in [0.15, 0.2) is 0 Å². The molecule has 15 heavy (non-hydrogen) atoms. The zero-order chi connectivity index (χ0) is 10.6. The van der Waals surface area contributed by atoms with E-state index in [4.69, 9.17) is 11.6 Å². The molecule has 5 heteroatoms. The number of fused-ring (bicyclic) bond motifs is 1. The lowest BCUT2D eigenvalue weighted by molar-refractivity contribution is 0.547. The highest BCUT2D eigenvalue weighted by Gasteiger charge is 2.40. The lowest BCUT2D eigenvalue weighted by atomic mass is 10.3. The minimum absolute atomic E-state index is 0.249. The Labute approximate surface area is 106 Å². The van der Waals surface area contributed by atoms with E-state index in [0.717, 1.165) is 14.6 Å². The van der Waals surface area contributed by atoms with Gasteiger partial charge in [0.05, 0.1) is 5.39 Å². The topological polar surface area (TPSA) is 30.7 Å². The minimum Gasteiger partial charge on any atom is -0.325 e. The zero-order valence-electron chi connectivity index (χ0n) is 8.17. The maximum atomic E-state index is 6.08. The molecule has 0 bridgehead atoms. The van der Waals surface area contributed by atoms with Gasteiger partial charge in [-0.25, -0.2) is 9.97 Å². The van der Waals surface area contributed by atoms with Crippen LogP contribution in [0.25, 0.3) is 11.0 Å². The molecule has 1 aliphatic carbocycles. The van der Waals surface area contributed by atoms with Crippen molar-refractivity contribution in [3.05, 3.63) is 21.2 Å². The van der Waals surface area contributed by atoms with Crippen molar-refractivity contribution in [3.8, 4) is 0 Å². The SMILES string of the molecule is CC1(n2cc(I)c3c(Cl)ncnc32)CC1. The molecular weight excluding hydrogens is 324 g/mol. The van der Waals surface area contributed by atoms with Gasteiger partial charge in [0.2, 0.25) is 0 Å². The van der Waals surface area contributed by atoms with Crippen molar-refractivity contribution in [2.45, 2.75) is 25.3 Å². The third kappa shape index (κ3) is 1.38. The van der Waals surface area contributed by atoms with Gasteiger partial charge in [-0.2, -0.15) is 0 Å². The van der Waals surface area contributed by atoms with Gasteiger partial charge in [-0.05, 0) is 42.4 Å². The summed E-state index contributed by atoms with van der Waals surface area (Å²) in [7, 11) is 0. The third-order valence-corrected chi connectivity index (χ3v) is 4.15. The van der Waals surface area contributed by atoms with Crippen LogP contribution in [0.4, 0.5) is 0 Å². The number of rotatable bonds is 1. The zero-order valence-corrected chi connectivity index (χ0v) is 11.1. The summed E-state index contributed by atoms with van der Waals surface area (Å²) in [5.74, 6) is 0. The van der Waals surface area contributed by atoms with Gasteiger partial charge < -0.3 is 4.57 Å². The molecule has 0 radical (unpaired) electrons. The highest BCUT2D eigenvalue weighted by molar-refractivity contribution is 14.1. The lowest BCUT2D eigenvalue weighted by Gasteiger charge is -2.11. The van der Waals surface area contributed by atoms with E-state index < -0.39 is 0 Å². The largest absolute Gasteiger partial charge is 0.325 e. The summed E-state index contributed by atoms with van der Waals surface area (Å²) in [6, 6.07) is 0. The number of halogens is 2.